The summed E-state index contributed by atoms with van der Waals surface area (Å²) in [4.78, 5) is 24.6. The van der Waals surface area contributed by atoms with Gasteiger partial charge in [0.05, 0.1) is 5.69 Å². The summed E-state index contributed by atoms with van der Waals surface area (Å²) in [5, 5.41) is 3.44. The van der Waals surface area contributed by atoms with Crippen molar-refractivity contribution in [2.75, 3.05) is 5.32 Å². The van der Waals surface area contributed by atoms with Gasteiger partial charge in [-0.05, 0) is 29.7 Å². The first kappa shape index (κ1) is 14.9. The predicted octanol–water partition coefficient (Wildman–Crippen LogP) is 3.07. The Morgan fingerprint density at radius 1 is 1.09 bits per heavy atom. The van der Waals surface area contributed by atoms with Crippen molar-refractivity contribution in [1.29, 1.82) is 0 Å². The Kier molecular flexibility index (Phi) is 3.65. The molecule has 1 N–H and O–H groups in total. The van der Waals surface area contributed by atoms with Gasteiger partial charge in [0.15, 0.2) is 0 Å². The van der Waals surface area contributed by atoms with Crippen LogP contribution >= 0.6 is 0 Å². The smallest absolute Gasteiger partial charge is 0.272 e. The number of anilines is 1. The first-order valence-electron chi connectivity index (χ1n) is 6.82. The van der Waals surface area contributed by atoms with Crippen molar-refractivity contribution in [1.82, 2.24) is 4.57 Å². The zero-order valence-corrected chi connectivity index (χ0v) is 12.1. The molecule has 1 aromatic heterocycles. The number of aromatic nitrogens is 1. The van der Waals surface area contributed by atoms with E-state index in [2.05, 4.69) is 5.32 Å². The lowest BCUT2D eigenvalue weighted by Crippen LogP contribution is -2.26. The van der Waals surface area contributed by atoms with Gasteiger partial charge in [0.1, 0.15) is 17.3 Å². The second-order valence-electron chi connectivity index (χ2n) is 5.06. The first-order valence-corrected chi connectivity index (χ1v) is 6.82. The molecule has 0 saturated carbocycles. The van der Waals surface area contributed by atoms with E-state index < -0.39 is 17.5 Å². The van der Waals surface area contributed by atoms with E-state index in [1.54, 1.807) is 30.3 Å². The predicted molar refractivity (Wildman–Crippen MR) is 83.5 cm³/mol. The van der Waals surface area contributed by atoms with Gasteiger partial charge >= 0.3 is 0 Å². The van der Waals surface area contributed by atoms with Crippen LogP contribution < -0.4 is 10.9 Å². The van der Waals surface area contributed by atoms with E-state index in [1.807, 2.05) is 0 Å². The van der Waals surface area contributed by atoms with Crippen LogP contribution in [0.1, 0.15) is 10.5 Å². The van der Waals surface area contributed by atoms with E-state index in [-0.39, 0.29) is 16.9 Å². The molecule has 0 unspecified atom stereocenters. The number of halogens is 2. The lowest BCUT2D eigenvalue weighted by Gasteiger charge is -2.11. The molecule has 1 heterocycles. The zero-order chi connectivity index (χ0) is 16.6. The van der Waals surface area contributed by atoms with Gasteiger partial charge < -0.3 is 9.88 Å². The Labute approximate surface area is 130 Å². The van der Waals surface area contributed by atoms with E-state index in [0.29, 0.717) is 16.8 Å². The largest absolute Gasteiger partial charge is 0.318 e. The van der Waals surface area contributed by atoms with Crippen LogP contribution in [0.5, 0.6) is 0 Å². The molecule has 3 rings (SSSR count). The van der Waals surface area contributed by atoms with E-state index >= 15 is 0 Å². The average molecular weight is 314 g/mol. The number of rotatable bonds is 2. The summed E-state index contributed by atoms with van der Waals surface area (Å²) in [7, 11) is 1.46. The van der Waals surface area contributed by atoms with Gasteiger partial charge in [-0.25, -0.2) is 8.78 Å². The highest BCUT2D eigenvalue weighted by Crippen LogP contribution is 2.17. The van der Waals surface area contributed by atoms with Crippen molar-refractivity contribution in [3.8, 4) is 0 Å². The maximum atomic E-state index is 13.6. The molecule has 0 aliphatic heterocycles. The normalized spacial score (nSPS) is 10.7. The van der Waals surface area contributed by atoms with Crippen molar-refractivity contribution < 1.29 is 13.6 Å². The highest BCUT2D eigenvalue weighted by atomic mass is 19.1. The number of carbonyl (C=O) groups excluding carboxylic acids is 1. The number of hydrogen-bond acceptors (Lipinski definition) is 2. The van der Waals surface area contributed by atoms with Crippen LogP contribution in [0.25, 0.3) is 10.8 Å². The van der Waals surface area contributed by atoms with Crippen molar-refractivity contribution in [2.24, 2.45) is 7.05 Å². The fraction of sp³-hybridized carbons (Fsp3) is 0.0588. The first-order chi connectivity index (χ1) is 11.0. The van der Waals surface area contributed by atoms with Gasteiger partial charge in [0, 0.05) is 18.5 Å². The fourth-order valence-electron chi connectivity index (χ4n) is 2.35. The molecule has 0 radical (unpaired) electrons. The van der Waals surface area contributed by atoms with Gasteiger partial charge in [-0.15, -0.1) is 0 Å². The molecule has 116 valence electrons. The molecule has 0 aliphatic rings. The molecular weight excluding hydrogens is 302 g/mol. The summed E-state index contributed by atoms with van der Waals surface area (Å²) < 4.78 is 27.7. The topological polar surface area (TPSA) is 51.1 Å². The van der Waals surface area contributed by atoms with E-state index in [0.717, 1.165) is 12.1 Å². The molecule has 23 heavy (non-hydrogen) atoms. The number of carbonyl (C=O) groups is 1. The summed E-state index contributed by atoms with van der Waals surface area (Å²) in [6.07, 6.45) is 0. The third-order valence-corrected chi connectivity index (χ3v) is 3.56. The Morgan fingerprint density at radius 2 is 1.83 bits per heavy atom. The van der Waals surface area contributed by atoms with Gasteiger partial charge in [-0.1, -0.05) is 18.2 Å². The van der Waals surface area contributed by atoms with E-state index in [1.165, 1.54) is 11.6 Å². The third-order valence-electron chi connectivity index (χ3n) is 3.56. The van der Waals surface area contributed by atoms with Crippen molar-refractivity contribution >= 4 is 22.4 Å². The summed E-state index contributed by atoms with van der Waals surface area (Å²) in [6, 6.07) is 11.3. The Hall–Kier alpha value is -3.02. The number of nitrogens with one attached hydrogen (secondary N) is 1. The molecule has 0 aliphatic carbocycles. The third kappa shape index (κ3) is 2.70. The lowest BCUT2D eigenvalue weighted by atomic mass is 10.1. The highest BCUT2D eigenvalue weighted by molar-refractivity contribution is 6.05. The van der Waals surface area contributed by atoms with Crippen LogP contribution in [0.3, 0.4) is 0 Å². The minimum atomic E-state index is -0.885. The lowest BCUT2D eigenvalue weighted by molar-refractivity contribution is 0.101. The molecule has 6 heteroatoms. The molecule has 0 atom stereocenters. The zero-order valence-electron chi connectivity index (χ0n) is 12.1. The SMILES string of the molecule is Cn1c(C(=O)Nc2ccc(F)cc2F)cc2ccccc2c1=O. The molecule has 0 bridgehead atoms. The van der Waals surface area contributed by atoms with Gasteiger partial charge in [0.2, 0.25) is 0 Å². The van der Waals surface area contributed by atoms with Crippen LogP contribution in [0.15, 0.2) is 53.3 Å². The number of nitrogens with zero attached hydrogens (tertiary/aromatic N) is 1. The minimum absolute atomic E-state index is 0.0809. The van der Waals surface area contributed by atoms with Crippen molar-refractivity contribution in [3.63, 3.8) is 0 Å². The standard InChI is InChI=1S/C17H12F2N2O2/c1-21-15(8-10-4-2-3-5-12(10)17(21)23)16(22)20-14-7-6-11(18)9-13(14)19/h2-9H,1H3,(H,20,22). The second kappa shape index (κ2) is 5.64. The minimum Gasteiger partial charge on any atom is -0.318 e. The average Bonchev–Trinajstić information content (AvgIpc) is 2.53. The number of benzene rings is 2. The molecule has 3 aromatic rings. The fourth-order valence-corrected chi connectivity index (χ4v) is 2.35. The molecule has 0 saturated heterocycles. The molecule has 0 fully saturated rings. The van der Waals surface area contributed by atoms with Crippen LogP contribution in [-0.2, 0) is 7.05 Å². The summed E-state index contributed by atoms with van der Waals surface area (Å²) >= 11 is 0. The van der Waals surface area contributed by atoms with Gasteiger partial charge in [-0.3, -0.25) is 9.59 Å². The molecular formula is C17H12F2N2O2. The van der Waals surface area contributed by atoms with E-state index in [4.69, 9.17) is 0 Å². The monoisotopic (exact) mass is 314 g/mol. The molecule has 4 nitrogen and oxygen atoms in total. The van der Waals surface area contributed by atoms with Gasteiger partial charge in [0.25, 0.3) is 11.5 Å². The van der Waals surface area contributed by atoms with Crippen molar-refractivity contribution in [2.45, 2.75) is 0 Å². The maximum Gasteiger partial charge on any atom is 0.272 e. The molecule has 2 aromatic carbocycles. The second-order valence-corrected chi connectivity index (χ2v) is 5.06. The van der Waals surface area contributed by atoms with E-state index in [9.17, 15) is 18.4 Å². The number of amides is 1. The number of hydrogen-bond donors (Lipinski definition) is 1. The van der Waals surface area contributed by atoms with Gasteiger partial charge in [-0.2, -0.15) is 0 Å². The molecule has 1 amide bonds. The van der Waals surface area contributed by atoms with Crippen LogP contribution in [0.4, 0.5) is 14.5 Å². The Morgan fingerprint density at radius 3 is 2.57 bits per heavy atom. The number of fused-ring (bicyclic) bond motifs is 1. The van der Waals surface area contributed by atoms with Crippen LogP contribution in [-0.4, -0.2) is 10.5 Å². The maximum absolute atomic E-state index is 13.6. The Balaban J connectivity index is 2.04. The van der Waals surface area contributed by atoms with Crippen LogP contribution in [0.2, 0.25) is 0 Å². The highest BCUT2D eigenvalue weighted by Gasteiger charge is 2.15. The quantitative estimate of drug-likeness (QED) is 0.790. The summed E-state index contributed by atoms with van der Waals surface area (Å²) in [5.41, 5.74) is -0.401. The number of pyridine rings is 1. The van der Waals surface area contributed by atoms with Crippen molar-refractivity contribution in [3.05, 3.63) is 76.2 Å². The summed E-state index contributed by atoms with van der Waals surface area (Å²) in [6.45, 7) is 0. The summed E-state index contributed by atoms with van der Waals surface area (Å²) in [5.74, 6) is -2.27. The van der Waals surface area contributed by atoms with Crippen LogP contribution in [0, 0.1) is 11.6 Å². The molecule has 0 spiro atoms. The Bertz CT molecular complexity index is 980.